The zero-order chi connectivity index (χ0) is 17.2. The lowest BCUT2D eigenvalue weighted by molar-refractivity contribution is -0.141. The topological polar surface area (TPSA) is 29.0 Å². The zero-order valence-corrected chi connectivity index (χ0v) is 14.1. The molecule has 1 saturated heterocycles. The van der Waals surface area contributed by atoms with E-state index in [0.29, 0.717) is 5.56 Å². The first-order chi connectivity index (χ1) is 11.4. The maximum Gasteiger partial charge on any atom is 0.433 e. The molecule has 0 spiro atoms. The summed E-state index contributed by atoms with van der Waals surface area (Å²) in [6.07, 6.45) is -3.23. The van der Waals surface area contributed by atoms with Crippen LogP contribution in [-0.4, -0.2) is 39.5 Å². The summed E-state index contributed by atoms with van der Waals surface area (Å²) in [5.41, 5.74) is 0.848. The van der Waals surface area contributed by atoms with Crippen molar-refractivity contribution in [3.05, 3.63) is 47.3 Å². The largest absolute Gasteiger partial charge is 0.433 e. The van der Waals surface area contributed by atoms with E-state index in [1.54, 1.807) is 6.07 Å². The summed E-state index contributed by atoms with van der Waals surface area (Å²) in [6, 6.07) is 7.47. The molecule has 7 heteroatoms. The summed E-state index contributed by atoms with van der Waals surface area (Å²) in [6.45, 7) is 4.24. The number of thioether (sulfide) groups is 1. The molecule has 128 valence electrons. The maximum atomic E-state index is 13.0. The van der Waals surface area contributed by atoms with Crippen LogP contribution in [0, 0.1) is 6.92 Å². The summed E-state index contributed by atoms with van der Waals surface area (Å²) in [4.78, 5) is 10.2. The molecule has 1 aromatic heterocycles. The van der Waals surface area contributed by atoms with Gasteiger partial charge in [0.2, 0.25) is 0 Å². The second-order valence-electron chi connectivity index (χ2n) is 5.81. The van der Waals surface area contributed by atoms with Gasteiger partial charge in [-0.05, 0) is 24.1 Å². The molecule has 1 aliphatic heterocycles. The molecule has 0 bridgehead atoms. The monoisotopic (exact) mass is 353 g/mol. The van der Waals surface area contributed by atoms with Gasteiger partial charge in [0.15, 0.2) is 11.5 Å². The molecule has 24 heavy (non-hydrogen) atoms. The Balaban J connectivity index is 1.86. The number of alkyl halides is 3. The third-order valence-corrected chi connectivity index (χ3v) is 4.88. The molecule has 2 aromatic rings. The molecular formula is C17H18F3N3S. The highest BCUT2D eigenvalue weighted by Gasteiger charge is 2.35. The van der Waals surface area contributed by atoms with E-state index in [1.807, 2.05) is 30.0 Å². The van der Waals surface area contributed by atoms with E-state index in [2.05, 4.69) is 14.9 Å². The molecule has 0 amide bonds. The predicted octanol–water partition coefficient (Wildman–Crippen LogP) is 4.02. The Morgan fingerprint density at radius 3 is 2.67 bits per heavy atom. The molecule has 0 aliphatic carbocycles. The number of hydrogen-bond donors (Lipinski definition) is 0. The summed E-state index contributed by atoms with van der Waals surface area (Å²) < 4.78 is 39.1. The van der Waals surface area contributed by atoms with E-state index in [1.165, 1.54) is 13.1 Å². The van der Waals surface area contributed by atoms with Crippen molar-refractivity contribution in [1.82, 2.24) is 14.9 Å². The van der Waals surface area contributed by atoms with Crippen molar-refractivity contribution < 1.29 is 13.2 Å². The Labute approximate surface area is 143 Å². The number of benzene rings is 1. The molecule has 3 nitrogen and oxygen atoms in total. The minimum absolute atomic E-state index is 0.0354. The summed E-state index contributed by atoms with van der Waals surface area (Å²) in [5, 5.41) is 0. The van der Waals surface area contributed by atoms with Gasteiger partial charge in [0, 0.05) is 42.9 Å². The van der Waals surface area contributed by atoms with Crippen LogP contribution in [0.5, 0.6) is 0 Å². The molecule has 2 heterocycles. The molecule has 0 radical (unpaired) electrons. The van der Waals surface area contributed by atoms with Crippen molar-refractivity contribution in [1.29, 1.82) is 0 Å². The Hall–Kier alpha value is -1.60. The van der Waals surface area contributed by atoms with Crippen LogP contribution < -0.4 is 0 Å². The number of aromatic nitrogens is 2. The minimum atomic E-state index is -4.47. The van der Waals surface area contributed by atoms with Gasteiger partial charge < -0.3 is 0 Å². The third-order valence-electron chi connectivity index (χ3n) is 3.94. The van der Waals surface area contributed by atoms with Gasteiger partial charge >= 0.3 is 6.18 Å². The van der Waals surface area contributed by atoms with Crippen LogP contribution in [0.2, 0.25) is 0 Å². The number of nitrogens with zero attached hydrogens (tertiary/aromatic N) is 3. The fourth-order valence-corrected chi connectivity index (χ4v) is 3.67. The van der Waals surface area contributed by atoms with E-state index in [9.17, 15) is 13.2 Å². The molecule has 0 atom stereocenters. The molecule has 1 aliphatic rings. The van der Waals surface area contributed by atoms with Crippen LogP contribution >= 0.6 is 11.8 Å². The third kappa shape index (κ3) is 4.08. The van der Waals surface area contributed by atoms with Gasteiger partial charge in [-0.3, -0.25) is 4.90 Å². The summed E-state index contributed by atoms with van der Waals surface area (Å²) >= 11 is 1.95. The SMILES string of the molecule is Cc1cnc(-c2cccc(CN3CCSCC3)c2)nc1C(F)(F)F. The lowest BCUT2D eigenvalue weighted by Crippen LogP contribution is -2.31. The Bertz CT molecular complexity index is 712. The number of hydrogen-bond acceptors (Lipinski definition) is 4. The highest BCUT2D eigenvalue weighted by Crippen LogP contribution is 2.31. The second-order valence-corrected chi connectivity index (χ2v) is 7.04. The maximum absolute atomic E-state index is 13.0. The lowest BCUT2D eigenvalue weighted by atomic mass is 10.1. The highest BCUT2D eigenvalue weighted by atomic mass is 32.2. The van der Waals surface area contributed by atoms with Crippen LogP contribution in [0.25, 0.3) is 11.4 Å². The van der Waals surface area contributed by atoms with Gasteiger partial charge in [0.05, 0.1) is 0 Å². The Kier molecular flexibility index (Phi) is 5.10. The standard InChI is InChI=1S/C17H18F3N3S/c1-12-10-21-16(22-15(12)17(18,19)20)14-4-2-3-13(9-14)11-23-5-7-24-8-6-23/h2-4,9-10H,5-8,11H2,1H3. The fraction of sp³-hybridized carbons (Fsp3) is 0.412. The van der Waals surface area contributed by atoms with Gasteiger partial charge in [-0.15, -0.1) is 0 Å². The van der Waals surface area contributed by atoms with Crippen LogP contribution in [0.1, 0.15) is 16.8 Å². The van der Waals surface area contributed by atoms with Gasteiger partial charge in [-0.1, -0.05) is 18.2 Å². The molecular weight excluding hydrogens is 335 g/mol. The van der Waals surface area contributed by atoms with E-state index in [4.69, 9.17) is 0 Å². The molecule has 1 fully saturated rings. The van der Waals surface area contributed by atoms with E-state index in [0.717, 1.165) is 36.7 Å². The molecule has 1 aromatic carbocycles. The Morgan fingerprint density at radius 2 is 1.96 bits per heavy atom. The van der Waals surface area contributed by atoms with Crippen LogP contribution in [0.15, 0.2) is 30.5 Å². The first-order valence-electron chi connectivity index (χ1n) is 7.74. The van der Waals surface area contributed by atoms with E-state index in [-0.39, 0.29) is 11.4 Å². The zero-order valence-electron chi connectivity index (χ0n) is 13.3. The molecule has 3 rings (SSSR count). The van der Waals surface area contributed by atoms with E-state index >= 15 is 0 Å². The lowest BCUT2D eigenvalue weighted by Gasteiger charge is -2.26. The van der Waals surface area contributed by atoms with Crippen LogP contribution in [0.3, 0.4) is 0 Å². The van der Waals surface area contributed by atoms with Crippen molar-refractivity contribution in [3.63, 3.8) is 0 Å². The first-order valence-corrected chi connectivity index (χ1v) is 8.89. The van der Waals surface area contributed by atoms with Gasteiger partial charge in [0.1, 0.15) is 0 Å². The van der Waals surface area contributed by atoms with Crippen LogP contribution in [0.4, 0.5) is 13.2 Å². The van der Waals surface area contributed by atoms with Crippen molar-refractivity contribution in [2.75, 3.05) is 24.6 Å². The molecule has 0 N–H and O–H groups in total. The normalized spacial score (nSPS) is 16.3. The number of aryl methyl sites for hydroxylation is 1. The van der Waals surface area contributed by atoms with Gasteiger partial charge in [0.25, 0.3) is 0 Å². The summed E-state index contributed by atoms with van der Waals surface area (Å²) in [7, 11) is 0. The number of rotatable bonds is 3. The smallest absolute Gasteiger partial charge is 0.297 e. The Morgan fingerprint density at radius 1 is 1.21 bits per heavy atom. The predicted molar refractivity (Wildman–Crippen MR) is 89.8 cm³/mol. The number of halogens is 3. The van der Waals surface area contributed by atoms with Crippen molar-refractivity contribution in [2.24, 2.45) is 0 Å². The quantitative estimate of drug-likeness (QED) is 0.833. The average molecular weight is 353 g/mol. The van der Waals surface area contributed by atoms with Crippen molar-refractivity contribution in [2.45, 2.75) is 19.6 Å². The van der Waals surface area contributed by atoms with Crippen molar-refractivity contribution in [3.8, 4) is 11.4 Å². The summed E-state index contributed by atoms with van der Waals surface area (Å²) in [5.74, 6) is 2.36. The van der Waals surface area contributed by atoms with E-state index < -0.39 is 11.9 Å². The molecule has 0 unspecified atom stereocenters. The van der Waals surface area contributed by atoms with Gasteiger partial charge in [-0.2, -0.15) is 24.9 Å². The molecule has 0 saturated carbocycles. The van der Waals surface area contributed by atoms with Gasteiger partial charge in [-0.25, -0.2) is 9.97 Å². The highest BCUT2D eigenvalue weighted by molar-refractivity contribution is 7.99. The second kappa shape index (κ2) is 7.11. The fourth-order valence-electron chi connectivity index (χ4n) is 2.69. The van der Waals surface area contributed by atoms with Crippen molar-refractivity contribution >= 4 is 11.8 Å². The van der Waals surface area contributed by atoms with Crippen LogP contribution in [-0.2, 0) is 12.7 Å². The average Bonchev–Trinajstić information content (AvgIpc) is 2.55. The minimum Gasteiger partial charge on any atom is -0.297 e. The first kappa shape index (κ1) is 17.2.